The number of aryl methyl sites for hydroxylation is 1. The van der Waals surface area contributed by atoms with Gasteiger partial charge in [0, 0.05) is 29.1 Å². The molecule has 2 heterocycles. The van der Waals surface area contributed by atoms with E-state index in [1.54, 1.807) is 11.3 Å². The van der Waals surface area contributed by atoms with Crippen LogP contribution in [0.25, 0.3) is 4.96 Å². The minimum absolute atomic E-state index is 0.0457. The third kappa shape index (κ3) is 2.72. The van der Waals surface area contributed by atoms with Gasteiger partial charge in [0.05, 0.1) is 5.69 Å². The molecular weight excluding hydrogens is 248 g/mol. The number of hydrogen-bond donors (Lipinski definition) is 1. The van der Waals surface area contributed by atoms with Gasteiger partial charge in [-0.25, -0.2) is 4.98 Å². The third-order valence-corrected chi connectivity index (χ3v) is 3.76. The molecule has 0 unspecified atom stereocenters. The van der Waals surface area contributed by atoms with Crippen LogP contribution in [-0.4, -0.2) is 20.5 Å². The maximum Gasteiger partial charge on any atom is 0.303 e. The van der Waals surface area contributed by atoms with E-state index in [0.29, 0.717) is 6.42 Å². The van der Waals surface area contributed by atoms with Gasteiger partial charge < -0.3 is 5.11 Å². The van der Waals surface area contributed by atoms with Crippen LogP contribution in [0.4, 0.5) is 0 Å². The highest BCUT2D eigenvalue weighted by Crippen LogP contribution is 2.25. The first kappa shape index (κ1) is 13.1. The van der Waals surface area contributed by atoms with E-state index >= 15 is 0 Å². The van der Waals surface area contributed by atoms with Crippen molar-refractivity contribution in [2.24, 2.45) is 0 Å². The van der Waals surface area contributed by atoms with Gasteiger partial charge in [-0.1, -0.05) is 20.8 Å². The van der Waals surface area contributed by atoms with E-state index in [2.05, 4.69) is 41.7 Å². The Bertz CT molecular complexity index is 563. The molecular formula is C13H18N2O2S. The summed E-state index contributed by atoms with van der Waals surface area (Å²) >= 11 is 1.61. The Hall–Kier alpha value is -1.36. The average Bonchev–Trinajstić information content (AvgIpc) is 2.77. The van der Waals surface area contributed by atoms with Crippen molar-refractivity contribution in [1.29, 1.82) is 0 Å². The van der Waals surface area contributed by atoms with Crippen LogP contribution in [0, 0.1) is 0 Å². The molecule has 2 aromatic rings. The molecule has 1 N–H and O–H groups in total. The van der Waals surface area contributed by atoms with Gasteiger partial charge in [0.25, 0.3) is 0 Å². The fourth-order valence-corrected chi connectivity index (χ4v) is 2.70. The largest absolute Gasteiger partial charge is 0.481 e. The number of nitrogens with zero attached hydrogens (tertiary/aromatic N) is 2. The average molecular weight is 266 g/mol. The molecule has 4 nitrogen and oxygen atoms in total. The van der Waals surface area contributed by atoms with Crippen molar-refractivity contribution < 1.29 is 9.90 Å². The number of rotatable bonds is 4. The first-order valence-electron chi connectivity index (χ1n) is 6.05. The molecule has 0 spiro atoms. The number of carboxylic acid groups (broad SMARTS) is 1. The van der Waals surface area contributed by atoms with Gasteiger partial charge in [-0.2, -0.15) is 0 Å². The Morgan fingerprint density at radius 2 is 2.22 bits per heavy atom. The van der Waals surface area contributed by atoms with E-state index in [4.69, 9.17) is 5.11 Å². The van der Waals surface area contributed by atoms with Gasteiger partial charge in [-0.3, -0.25) is 9.20 Å². The molecule has 0 radical (unpaired) electrons. The van der Waals surface area contributed by atoms with Crippen LogP contribution in [0.15, 0.2) is 11.6 Å². The van der Waals surface area contributed by atoms with E-state index in [9.17, 15) is 4.79 Å². The summed E-state index contributed by atoms with van der Waals surface area (Å²) in [6.45, 7) is 6.43. The van der Waals surface area contributed by atoms with Gasteiger partial charge in [0.15, 0.2) is 4.96 Å². The van der Waals surface area contributed by atoms with Gasteiger partial charge >= 0.3 is 5.97 Å². The number of aromatic nitrogens is 2. The highest BCUT2D eigenvalue weighted by atomic mass is 32.1. The summed E-state index contributed by atoms with van der Waals surface area (Å²) in [4.78, 5) is 16.1. The maximum atomic E-state index is 10.5. The number of fused-ring (bicyclic) bond motifs is 1. The molecule has 0 aliphatic carbocycles. The Labute approximate surface area is 110 Å². The van der Waals surface area contributed by atoms with Crippen molar-refractivity contribution in [1.82, 2.24) is 9.38 Å². The topological polar surface area (TPSA) is 54.6 Å². The van der Waals surface area contributed by atoms with Gasteiger partial charge in [0.2, 0.25) is 0 Å². The minimum atomic E-state index is -0.734. The van der Waals surface area contributed by atoms with Crippen molar-refractivity contribution in [3.8, 4) is 0 Å². The second-order valence-corrected chi connectivity index (χ2v) is 6.34. The Morgan fingerprint density at radius 3 is 2.83 bits per heavy atom. The van der Waals surface area contributed by atoms with Crippen LogP contribution in [0.3, 0.4) is 0 Å². The van der Waals surface area contributed by atoms with E-state index in [0.717, 1.165) is 22.8 Å². The van der Waals surface area contributed by atoms with Crippen molar-refractivity contribution in [2.45, 2.75) is 45.4 Å². The fourth-order valence-electron chi connectivity index (χ4n) is 1.79. The molecule has 0 aliphatic rings. The van der Waals surface area contributed by atoms with Gasteiger partial charge in [-0.05, 0) is 12.8 Å². The molecule has 2 aromatic heterocycles. The fraction of sp³-hybridized carbons (Fsp3) is 0.538. The summed E-state index contributed by atoms with van der Waals surface area (Å²) in [5.74, 6) is -0.734. The predicted octanol–water partition coefficient (Wildman–Crippen LogP) is 3.10. The van der Waals surface area contributed by atoms with E-state index < -0.39 is 5.97 Å². The second kappa shape index (κ2) is 4.72. The number of thiazole rings is 1. The molecule has 0 amide bonds. The first-order valence-corrected chi connectivity index (χ1v) is 6.93. The molecule has 5 heteroatoms. The van der Waals surface area contributed by atoms with E-state index in [1.165, 1.54) is 0 Å². The number of carboxylic acids is 1. The zero-order valence-corrected chi connectivity index (χ0v) is 11.8. The zero-order chi connectivity index (χ0) is 13.3. The SMILES string of the molecule is CC(C)(C)c1cn2c(CCCC(=O)O)csc2n1. The molecule has 18 heavy (non-hydrogen) atoms. The standard InChI is InChI=1S/C13H18N2O2S/c1-13(2,3)10-7-15-9(5-4-6-11(16)17)8-18-12(15)14-10/h7-8H,4-6H2,1-3H3,(H,16,17). The number of imidazole rings is 1. The summed E-state index contributed by atoms with van der Waals surface area (Å²) in [6.07, 6.45) is 3.75. The van der Waals surface area contributed by atoms with Crippen molar-refractivity contribution in [3.05, 3.63) is 23.0 Å². The molecule has 2 rings (SSSR count). The lowest BCUT2D eigenvalue weighted by Crippen LogP contribution is -2.11. The number of aliphatic carboxylic acids is 1. The maximum absolute atomic E-state index is 10.5. The molecule has 0 saturated carbocycles. The van der Waals surface area contributed by atoms with Gasteiger partial charge in [0.1, 0.15) is 0 Å². The first-order chi connectivity index (χ1) is 8.38. The lowest BCUT2D eigenvalue weighted by Gasteiger charge is -2.13. The third-order valence-electron chi connectivity index (χ3n) is 2.88. The Balaban J connectivity index is 2.19. The quantitative estimate of drug-likeness (QED) is 0.925. The lowest BCUT2D eigenvalue weighted by atomic mass is 9.93. The normalized spacial score (nSPS) is 12.2. The number of hydrogen-bond acceptors (Lipinski definition) is 3. The smallest absolute Gasteiger partial charge is 0.303 e. The van der Waals surface area contributed by atoms with Crippen LogP contribution < -0.4 is 0 Å². The summed E-state index contributed by atoms with van der Waals surface area (Å²) in [7, 11) is 0. The van der Waals surface area contributed by atoms with Gasteiger partial charge in [-0.15, -0.1) is 11.3 Å². The number of carbonyl (C=O) groups is 1. The second-order valence-electron chi connectivity index (χ2n) is 5.50. The summed E-state index contributed by atoms with van der Waals surface area (Å²) in [6, 6.07) is 0. The zero-order valence-electron chi connectivity index (χ0n) is 10.9. The van der Waals surface area contributed by atoms with Crippen molar-refractivity contribution in [2.75, 3.05) is 0 Å². The monoisotopic (exact) mass is 266 g/mol. The highest BCUT2D eigenvalue weighted by molar-refractivity contribution is 7.15. The molecule has 0 saturated heterocycles. The molecule has 0 aliphatic heterocycles. The summed E-state index contributed by atoms with van der Waals surface area (Å²) in [5, 5.41) is 10.7. The minimum Gasteiger partial charge on any atom is -0.481 e. The highest BCUT2D eigenvalue weighted by Gasteiger charge is 2.19. The molecule has 0 bridgehead atoms. The van der Waals surface area contributed by atoms with Crippen LogP contribution in [-0.2, 0) is 16.6 Å². The van der Waals surface area contributed by atoms with Crippen molar-refractivity contribution >= 4 is 22.3 Å². The van der Waals surface area contributed by atoms with Crippen LogP contribution in [0.5, 0.6) is 0 Å². The van der Waals surface area contributed by atoms with Crippen LogP contribution in [0.2, 0.25) is 0 Å². The lowest BCUT2D eigenvalue weighted by molar-refractivity contribution is -0.137. The summed E-state index contributed by atoms with van der Waals surface area (Å²) in [5.41, 5.74) is 2.28. The summed E-state index contributed by atoms with van der Waals surface area (Å²) < 4.78 is 2.09. The molecule has 0 atom stereocenters. The molecule has 0 aromatic carbocycles. The molecule has 0 fully saturated rings. The van der Waals surface area contributed by atoms with Crippen molar-refractivity contribution in [3.63, 3.8) is 0 Å². The van der Waals surface area contributed by atoms with E-state index in [1.807, 2.05) is 0 Å². The molecule has 98 valence electrons. The van der Waals surface area contributed by atoms with E-state index in [-0.39, 0.29) is 11.8 Å². The van der Waals surface area contributed by atoms with Crippen LogP contribution >= 0.6 is 11.3 Å². The van der Waals surface area contributed by atoms with Crippen LogP contribution in [0.1, 0.15) is 45.0 Å². The Kier molecular flexibility index (Phi) is 3.43. The Morgan fingerprint density at radius 1 is 1.50 bits per heavy atom. The predicted molar refractivity (Wildman–Crippen MR) is 72.3 cm³/mol.